The number of pyridine rings is 1. The Morgan fingerprint density at radius 3 is 2.35 bits per heavy atom. The maximum atomic E-state index is 11.5. The number of benzene rings is 1. The molecule has 0 saturated heterocycles. The van der Waals surface area contributed by atoms with E-state index in [1.807, 2.05) is 45.0 Å². The van der Waals surface area contributed by atoms with E-state index in [0.29, 0.717) is 17.1 Å². The van der Waals surface area contributed by atoms with Gasteiger partial charge in [-0.15, -0.1) is 0 Å². The second kappa shape index (κ2) is 6.57. The summed E-state index contributed by atoms with van der Waals surface area (Å²) in [5.74, 6) is -0.724. The van der Waals surface area contributed by atoms with Gasteiger partial charge in [-0.2, -0.15) is 9.78 Å². The Kier molecular flexibility index (Phi) is 4.58. The first-order chi connectivity index (χ1) is 12.2. The molecule has 134 valence electrons. The van der Waals surface area contributed by atoms with Gasteiger partial charge in [0.05, 0.1) is 23.0 Å². The molecule has 0 amide bonds. The van der Waals surface area contributed by atoms with Crippen molar-refractivity contribution in [1.82, 2.24) is 14.8 Å². The zero-order valence-electron chi connectivity index (χ0n) is 14.6. The van der Waals surface area contributed by atoms with E-state index >= 15 is 0 Å². The molecule has 2 N–H and O–H groups in total. The van der Waals surface area contributed by atoms with E-state index in [2.05, 4.69) is 26.0 Å². The smallest absolute Gasteiger partial charge is 0.337 e. The molecule has 1 aromatic carbocycles. The molecule has 3 aromatic rings. The summed E-state index contributed by atoms with van der Waals surface area (Å²) < 4.78 is 2.24. The highest BCUT2D eigenvalue weighted by Crippen LogP contribution is 2.32. The van der Waals surface area contributed by atoms with Gasteiger partial charge in [0.2, 0.25) is 5.88 Å². The molecule has 0 spiro atoms. The van der Waals surface area contributed by atoms with E-state index in [1.54, 1.807) is 6.20 Å². The van der Waals surface area contributed by atoms with Crippen LogP contribution in [0.2, 0.25) is 0 Å². The number of nitrogens with zero attached hydrogens (tertiary/aromatic N) is 3. The minimum absolute atomic E-state index is 0.0530. The molecule has 0 aliphatic carbocycles. The van der Waals surface area contributed by atoms with Crippen LogP contribution in [-0.4, -0.2) is 30.9 Å². The minimum Gasteiger partial charge on any atom is -0.493 e. The first kappa shape index (κ1) is 18.1. The van der Waals surface area contributed by atoms with E-state index in [0.717, 1.165) is 10.0 Å². The number of aromatic carboxylic acids is 1. The molecule has 2 aromatic heterocycles. The van der Waals surface area contributed by atoms with Gasteiger partial charge in [-0.3, -0.25) is 0 Å². The Balaban J connectivity index is 2.10. The van der Waals surface area contributed by atoms with Gasteiger partial charge in [0.15, 0.2) is 5.82 Å². The van der Waals surface area contributed by atoms with Gasteiger partial charge in [-0.1, -0.05) is 48.8 Å². The van der Waals surface area contributed by atoms with Crippen LogP contribution in [0.3, 0.4) is 0 Å². The van der Waals surface area contributed by atoms with Crippen molar-refractivity contribution in [3.63, 3.8) is 0 Å². The summed E-state index contributed by atoms with van der Waals surface area (Å²) in [5, 5.41) is 24.2. The zero-order chi connectivity index (χ0) is 19.1. The molecule has 0 radical (unpaired) electrons. The molecule has 3 rings (SSSR count). The minimum atomic E-state index is -1.03. The van der Waals surface area contributed by atoms with Crippen LogP contribution in [0.4, 0.5) is 0 Å². The van der Waals surface area contributed by atoms with Gasteiger partial charge < -0.3 is 10.2 Å². The standard InChI is InChI=1S/C19H18BrN3O3/c1-19(2,3)16-13(18(25)26)8-9-15(22-16)23-17(24)14(10-21-23)11-4-6-12(20)7-5-11/h4-10,24H,1-3H3,(H,25,26). The third-order valence-electron chi connectivity index (χ3n) is 3.94. The Hall–Kier alpha value is -2.67. The Labute approximate surface area is 159 Å². The van der Waals surface area contributed by atoms with Crippen LogP contribution in [-0.2, 0) is 5.41 Å². The first-order valence-corrected chi connectivity index (χ1v) is 8.76. The van der Waals surface area contributed by atoms with Crippen LogP contribution in [0.15, 0.2) is 47.1 Å². The third-order valence-corrected chi connectivity index (χ3v) is 4.47. The summed E-state index contributed by atoms with van der Waals surface area (Å²) in [6.45, 7) is 5.67. The second-order valence-corrected chi connectivity index (χ2v) is 7.84. The maximum Gasteiger partial charge on any atom is 0.337 e. The van der Waals surface area contributed by atoms with Gasteiger partial charge >= 0.3 is 5.97 Å². The van der Waals surface area contributed by atoms with Gasteiger partial charge in [0, 0.05) is 9.89 Å². The highest BCUT2D eigenvalue weighted by molar-refractivity contribution is 9.10. The summed E-state index contributed by atoms with van der Waals surface area (Å²) in [5.41, 5.74) is 1.49. The molecule has 0 bridgehead atoms. The number of aromatic hydroxyl groups is 1. The molecule has 6 nitrogen and oxygen atoms in total. The summed E-state index contributed by atoms with van der Waals surface area (Å²) in [6.07, 6.45) is 1.56. The fraction of sp³-hybridized carbons (Fsp3) is 0.211. The SMILES string of the molecule is CC(C)(C)c1nc(-n2ncc(-c3ccc(Br)cc3)c2O)ccc1C(=O)O. The monoisotopic (exact) mass is 415 g/mol. The van der Waals surface area contributed by atoms with Crippen LogP contribution in [0.5, 0.6) is 5.88 Å². The summed E-state index contributed by atoms with van der Waals surface area (Å²) in [6, 6.07) is 10.5. The lowest BCUT2D eigenvalue weighted by atomic mass is 9.88. The van der Waals surface area contributed by atoms with Crippen LogP contribution in [0, 0.1) is 0 Å². The summed E-state index contributed by atoms with van der Waals surface area (Å²) >= 11 is 3.38. The largest absolute Gasteiger partial charge is 0.493 e. The van der Waals surface area contributed by atoms with Crippen molar-refractivity contribution < 1.29 is 15.0 Å². The van der Waals surface area contributed by atoms with Crippen molar-refractivity contribution >= 4 is 21.9 Å². The molecule has 0 atom stereocenters. The number of hydrogen-bond donors (Lipinski definition) is 2. The fourth-order valence-corrected chi connectivity index (χ4v) is 2.92. The van der Waals surface area contributed by atoms with E-state index in [4.69, 9.17) is 0 Å². The normalized spacial score (nSPS) is 11.5. The lowest BCUT2D eigenvalue weighted by Gasteiger charge is -2.20. The summed E-state index contributed by atoms with van der Waals surface area (Å²) in [4.78, 5) is 16.0. The van der Waals surface area contributed by atoms with Crippen LogP contribution in [0.1, 0.15) is 36.8 Å². The number of rotatable bonds is 3. The fourth-order valence-electron chi connectivity index (χ4n) is 2.65. The number of aromatic nitrogens is 3. The van der Waals surface area contributed by atoms with E-state index in [1.165, 1.54) is 16.8 Å². The number of carboxylic acid groups (broad SMARTS) is 1. The topological polar surface area (TPSA) is 88.2 Å². The highest BCUT2D eigenvalue weighted by Gasteiger charge is 2.25. The lowest BCUT2D eigenvalue weighted by Crippen LogP contribution is -2.20. The first-order valence-electron chi connectivity index (χ1n) is 7.96. The number of hydrogen-bond acceptors (Lipinski definition) is 4. The molecule has 0 aliphatic rings. The molecular weight excluding hydrogens is 398 g/mol. The molecule has 0 aliphatic heterocycles. The molecule has 0 fully saturated rings. The van der Waals surface area contributed by atoms with Crippen molar-refractivity contribution in [2.75, 3.05) is 0 Å². The van der Waals surface area contributed by atoms with Crippen LogP contribution in [0.25, 0.3) is 16.9 Å². The van der Waals surface area contributed by atoms with E-state index < -0.39 is 11.4 Å². The van der Waals surface area contributed by atoms with Crippen molar-refractivity contribution in [3.05, 3.63) is 58.3 Å². The van der Waals surface area contributed by atoms with Gasteiger partial charge in [0.1, 0.15) is 0 Å². The van der Waals surface area contributed by atoms with Crippen molar-refractivity contribution in [2.24, 2.45) is 0 Å². The quantitative estimate of drug-likeness (QED) is 0.661. The lowest BCUT2D eigenvalue weighted by molar-refractivity contribution is 0.0693. The molecule has 0 unspecified atom stereocenters. The van der Waals surface area contributed by atoms with Crippen molar-refractivity contribution in [1.29, 1.82) is 0 Å². The number of halogens is 1. The third kappa shape index (κ3) is 3.35. The predicted molar refractivity (Wildman–Crippen MR) is 102 cm³/mol. The maximum absolute atomic E-state index is 11.5. The second-order valence-electron chi connectivity index (χ2n) is 6.92. The van der Waals surface area contributed by atoms with Gasteiger partial charge in [-0.25, -0.2) is 9.78 Å². The molecule has 0 saturated carbocycles. The predicted octanol–water partition coefficient (Wildman–Crippen LogP) is 4.40. The van der Waals surface area contributed by atoms with Crippen LogP contribution < -0.4 is 0 Å². The molecular formula is C19H18BrN3O3. The molecule has 2 heterocycles. The number of carbonyl (C=O) groups is 1. The van der Waals surface area contributed by atoms with E-state index in [-0.39, 0.29) is 11.4 Å². The van der Waals surface area contributed by atoms with Crippen LogP contribution >= 0.6 is 15.9 Å². The Bertz CT molecular complexity index is 973. The van der Waals surface area contributed by atoms with Crippen molar-refractivity contribution in [3.8, 4) is 22.8 Å². The van der Waals surface area contributed by atoms with Gasteiger partial charge in [-0.05, 0) is 29.8 Å². The highest BCUT2D eigenvalue weighted by atomic mass is 79.9. The average molecular weight is 416 g/mol. The number of carboxylic acids is 1. The molecule has 7 heteroatoms. The summed E-state index contributed by atoms with van der Waals surface area (Å²) in [7, 11) is 0. The van der Waals surface area contributed by atoms with Gasteiger partial charge in [0.25, 0.3) is 0 Å². The van der Waals surface area contributed by atoms with Crippen molar-refractivity contribution in [2.45, 2.75) is 26.2 Å². The Morgan fingerprint density at radius 1 is 1.12 bits per heavy atom. The molecule has 26 heavy (non-hydrogen) atoms. The van der Waals surface area contributed by atoms with E-state index in [9.17, 15) is 15.0 Å². The zero-order valence-corrected chi connectivity index (χ0v) is 16.1. The average Bonchev–Trinajstić information content (AvgIpc) is 2.96. The Morgan fingerprint density at radius 2 is 1.77 bits per heavy atom.